The number of hydrogen-bond donors (Lipinski definition) is 3. The summed E-state index contributed by atoms with van der Waals surface area (Å²) in [6.45, 7) is 0.111. The molecule has 20 heavy (non-hydrogen) atoms. The number of alkyl halides is 3. The van der Waals surface area contributed by atoms with Gasteiger partial charge in [0.1, 0.15) is 6.04 Å². The second-order valence-corrected chi connectivity index (χ2v) is 5.29. The first-order chi connectivity index (χ1) is 9.38. The van der Waals surface area contributed by atoms with E-state index in [9.17, 15) is 22.8 Å². The molecule has 2 amide bonds. The third kappa shape index (κ3) is 3.62. The molecule has 0 aromatic carbocycles. The molecule has 114 valence electrons. The largest absolute Gasteiger partial charge is 0.393 e. The van der Waals surface area contributed by atoms with Crippen LogP contribution >= 0.6 is 0 Å². The van der Waals surface area contributed by atoms with Crippen molar-refractivity contribution in [3.63, 3.8) is 0 Å². The normalized spacial score (nSPS) is 31.6. The molecule has 2 fully saturated rings. The van der Waals surface area contributed by atoms with Gasteiger partial charge in [-0.1, -0.05) is 12.8 Å². The van der Waals surface area contributed by atoms with Crippen LogP contribution in [0.1, 0.15) is 25.7 Å². The van der Waals surface area contributed by atoms with Gasteiger partial charge in [-0.15, -0.1) is 0 Å². The molecule has 1 aliphatic heterocycles. The van der Waals surface area contributed by atoms with Crippen molar-refractivity contribution < 1.29 is 22.8 Å². The van der Waals surface area contributed by atoms with Crippen molar-refractivity contribution in [3.8, 4) is 0 Å². The minimum atomic E-state index is -4.29. The molecule has 3 N–H and O–H groups in total. The summed E-state index contributed by atoms with van der Waals surface area (Å²) in [4.78, 5) is 22.9. The van der Waals surface area contributed by atoms with Crippen molar-refractivity contribution in [1.82, 2.24) is 16.0 Å². The third-order valence-electron chi connectivity index (χ3n) is 3.84. The van der Waals surface area contributed by atoms with E-state index in [2.05, 4.69) is 16.0 Å². The maximum atomic E-state index is 12.9. The van der Waals surface area contributed by atoms with Crippen LogP contribution in [0, 0.1) is 5.92 Å². The highest BCUT2D eigenvalue weighted by molar-refractivity contribution is 5.86. The number of carbonyl (C=O) groups is 2. The highest BCUT2D eigenvalue weighted by Gasteiger charge is 2.46. The van der Waals surface area contributed by atoms with E-state index in [1.165, 1.54) is 0 Å². The lowest BCUT2D eigenvalue weighted by molar-refractivity contribution is -0.189. The van der Waals surface area contributed by atoms with Crippen LogP contribution in [0.2, 0.25) is 0 Å². The van der Waals surface area contributed by atoms with E-state index in [4.69, 9.17) is 0 Å². The van der Waals surface area contributed by atoms with Gasteiger partial charge in [-0.3, -0.25) is 14.9 Å². The van der Waals surface area contributed by atoms with Crippen LogP contribution in [0.3, 0.4) is 0 Å². The Kier molecular flexibility index (Phi) is 4.52. The van der Waals surface area contributed by atoms with Gasteiger partial charge >= 0.3 is 6.18 Å². The van der Waals surface area contributed by atoms with Crippen LogP contribution in [0.5, 0.6) is 0 Å². The summed E-state index contributed by atoms with van der Waals surface area (Å²) < 4.78 is 38.7. The van der Waals surface area contributed by atoms with E-state index in [-0.39, 0.29) is 25.4 Å². The number of hydrogen-bond acceptors (Lipinski definition) is 3. The zero-order chi connectivity index (χ0) is 14.8. The van der Waals surface area contributed by atoms with E-state index in [0.717, 1.165) is 0 Å². The molecule has 1 heterocycles. The molecule has 0 bridgehead atoms. The van der Waals surface area contributed by atoms with Crippen molar-refractivity contribution in [1.29, 1.82) is 0 Å². The molecule has 2 aliphatic rings. The molecule has 1 aliphatic carbocycles. The monoisotopic (exact) mass is 293 g/mol. The molecule has 0 radical (unpaired) electrons. The maximum absolute atomic E-state index is 12.9. The van der Waals surface area contributed by atoms with E-state index >= 15 is 0 Å². The van der Waals surface area contributed by atoms with Crippen LogP contribution in [-0.2, 0) is 9.59 Å². The topological polar surface area (TPSA) is 70.2 Å². The SMILES string of the molecule is O=C1CNC(C(=O)NC2CCCCC2C(F)(F)F)CN1. The minimum Gasteiger partial charge on any atom is -0.353 e. The maximum Gasteiger partial charge on any atom is 0.393 e. The molecule has 0 spiro atoms. The second kappa shape index (κ2) is 5.99. The Morgan fingerprint density at radius 3 is 2.55 bits per heavy atom. The van der Waals surface area contributed by atoms with Crippen molar-refractivity contribution >= 4 is 11.8 Å². The first-order valence-corrected chi connectivity index (χ1v) is 6.75. The van der Waals surface area contributed by atoms with E-state index in [1.807, 2.05) is 0 Å². The van der Waals surface area contributed by atoms with E-state index in [1.54, 1.807) is 0 Å². The fourth-order valence-corrected chi connectivity index (χ4v) is 2.73. The van der Waals surface area contributed by atoms with Gasteiger partial charge in [-0.05, 0) is 12.8 Å². The summed E-state index contributed by atoms with van der Waals surface area (Å²) in [6.07, 6.45) is -2.66. The van der Waals surface area contributed by atoms with Crippen molar-refractivity contribution in [2.75, 3.05) is 13.1 Å². The highest BCUT2D eigenvalue weighted by Crippen LogP contribution is 2.37. The second-order valence-electron chi connectivity index (χ2n) is 5.29. The lowest BCUT2D eigenvalue weighted by atomic mass is 9.84. The number of carbonyl (C=O) groups excluding carboxylic acids is 2. The van der Waals surface area contributed by atoms with Gasteiger partial charge in [-0.25, -0.2) is 0 Å². The number of piperazine rings is 1. The Balaban J connectivity index is 1.93. The van der Waals surface area contributed by atoms with Crippen molar-refractivity contribution in [2.45, 2.75) is 43.9 Å². The average Bonchev–Trinajstić information content (AvgIpc) is 2.38. The summed E-state index contributed by atoms with van der Waals surface area (Å²) in [7, 11) is 0. The van der Waals surface area contributed by atoms with Gasteiger partial charge in [0, 0.05) is 12.6 Å². The number of halogens is 3. The van der Waals surface area contributed by atoms with Crippen LogP contribution in [-0.4, -0.2) is 43.2 Å². The van der Waals surface area contributed by atoms with Gasteiger partial charge in [0.25, 0.3) is 0 Å². The molecule has 1 saturated carbocycles. The highest BCUT2D eigenvalue weighted by atomic mass is 19.4. The van der Waals surface area contributed by atoms with Crippen LogP contribution in [0.25, 0.3) is 0 Å². The number of rotatable bonds is 2. The van der Waals surface area contributed by atoms with Gasteiger partial charge in [-0.2, -0.15) is 13.2 Å². The predicted octanol–water partition coefficient (Wildman–Crippen LogP) is 0.312. The Labute approximate surface area is 114 Å². The molecule has 0 aromatic rings. The Morgan fingerprint density at radius 1 is 1.25 bits per heavy atom. The van der Waals surface area contributed by atoms with E-state index < -0.39 is 30.1 Å². The molecule has 3 atom stereocenters. The lowest BCUT2D eigenvalue weighted by Crippen LogP contribution is -2.60. The van der Waals surface area contributed by atoms with Crippen molar-refractivity contribution in [2.24, 2.45) is 5.92 Å². The third-order valence-corrected chi connectivity index (χ3v) is 3.84. The molecule has 2 rings (SSSR count). The summed E-state index contributed by atoms with van der Waals surface area (Å²) >= 11 is 0. The van der Waals surface area contributed by atoms with Crippen molar-refractivity contribution in [3.05, 3.63) is 0 Å². The predicted molar refractivity (Wildman–Crippen MR) is 64.7 cm³/mol. The first-order valence-electron chi connectivity index (χ1n) is 6.75. The van der Waals surface area contributed by atoms with Crippen LogP contribution in [0.15, 0.2) is 0 Å². The van der Waals surface area contributed by atoms with Gasteiger partial charge < -0.3 is 10.6 Å². The first kappa shape index (κ1) is 15.1. The molecule has 1 saturated heterocycles. The number of nitrogens with one attached hydrogen (secondary N) is 3. The molecule has 5 nitrogen and oxygen atoms in total. The van der Waals surface area contributed by atoms with Crippen LogP contribution < -0.4 is 16.0 Å². The Bertz CT molecular complexity index is 377. The van der Waals surface area contributed by atoms with Gasteiger partial charge in [0.15, 0.2) is 0 Å². The lowest BCUT2D eigenvalue weighted by Gasteiger charge is -2.35. The average molecular weight is 293 g/mol. The summed E-state index contributed by atoms with van der Waals surface area (Å²) in [5.41, 5.74) is 0. The van der Waals surface area contributed by atoms with Gasteiger partial charge in [0.2, 0.25) is 11.8 Å². The fraction of sp³-hybridized carbons (Fsp3) is 0.833. The minimum absolute atomic E-state index is 0.00541. The number of amides is 2. The fourth-order valence-electron chi connectivity index (χ4n) is 2.73. The molecular weight excluding hydrogens is 275 g/mol. The van der Waals surface area contributed by atoms with Gasteiger partial charge in [0.05, 0.1) is 12.5 Å². The quantitative estimate of drug-likeness (QED) is 0.686. The summed E-state index contributed by atoms with van der Waals surface area (Å²) in [5.74, 6) is -2.18. The zero-order valence-corrected chi connectivity index (χ0v) is 10.9. The zero-order valence-electron chi connectivity index (χ0n) is 10.9. The summed E-state index contributed by atoms with van der Waals surface area (Å²) in [5, 5.41) is 7.70. The molecule has 8 heteroatoms. The van der Waals surface area contributed by atoms with Crippen LogP contribution in [0.4, 0.5) is 13.2 Å². The molecular formula is C12H18F3N3O2. The molecule has 3 unspecified atom stereocenters. The molecule has 0 aromatic heterocycles. The Morgan fingerprint density at radius 2 is 1.95 bits per heavy atom. The summed E-state index contributed by atoms with van der Waals surface area (Å²) in [6, 6.07) is -1.53. The smallest absolute Gasteiger partial charge is 0.353 e. The standard InChI is InChI=1S/C12H18F3N3O2/c13-12(14,15)7-3-1-2-4-8(7)18-11(20)9-5-17-10(19)6-16-9/h7-9,16H,1-6H2,(H,17,19)(H,18,20). The van der Waals surface area contributed by atoms with E-state index in [0.29, 0.717) is 19.3 Å². The Hall–Kier alpha value is -1.31.